The first-order valence-corrected chi connectivity index (χ1v) is 18.9. The monoisotopic (exact) mass is 734 g/mol. The summed E-state index contributed by atoms with van der Waals surface area (Å²) in [4.78, 5) is 44.8. The van der Waals surface area contributed by atoms with E-state index in [9.17, 15) is 9.59 Å². The number of anilines is 2. The van der Waals surface area contributed by atoms with Gasteiger partial charge in [0.05, 0.1) is 23.8 Å². The third-order valence-electron chi connectivity index (χ3n) is 9.71. The summed E-state index contributed by atoms with van der Waals surface area (Å²) in [6.45, 7) is 15.0. The molecule has 2 bridgehead atoms. The largest absolute Gasteiger partial charge is 0.472 e. The minimum Gasteiger partial charge on any atom is -0.472 e. The van der Waals surface area contributed by atoms with Gasteiger partial charge in [0.15, 0.2) is 16.8 Å². The van der Waals surface area contributed by atoms with Crippen LogP contribution in [-0.2, 0) is 15.9 Å². The summed E-state index contributed by atoms with van der Waals surface area (Å²) >= 11 is 1.28. The summed E-state index contributed by atoms with van der Waals surface area (Å²) in [7, 11) is 0. The Bertz CT molecular complexity index is 2120. The highest BCUT2D eigenvalue weighted by molar-refractivity contribution is 7.98. The van der Waals surface area contributed by atoms with Crippen LogP contribution in [0.1, 0.15) is 73.8 Å². The number of carbonyl (C=O) groups excluding carboxylic acids is 2. The van der Waals surface area contributed by atoms with E-state index in [1.165, 1.54) is 17.8 Å². The molecule has 2 fully saturated rings. The number of aromatic nitrogens is 3. The topological polar surface area (TPSA) is 119 Å². The average Bonchev–Trinajstić information content (AvgIpc) is 3.31. The molecule has 2 aromatic heterocycles. The van der Waals surface area contributed by atoms with Crippen LogP contribution in [0.2, 0.25) is 0 Å². The number of thioether (sulfide) groups is 1. The molecule has 2 saturated heterocycles. The Hall–Kier alpha value is -4.46. The highest BCUT2D eigenvalue weighted by Crippen LogP contribution is 2.47. The molecule has 4 aromatic rings. The maximum atomic E-state index is 17.3. The van der Waals surface area contributed by atoms with Crippen LogP contribution in [0, 0.1) is 11.6 Å². The Balaban J connectivity index is 1.42. The molecule has 2 amide bonds. The third-order valence-corrected chi connectivity index (χ3v) is 10.3. The van der Waals surface area contributed by atoms with Crippen molar-refractivity contribution in [3.63, 3.8) is 0 Å². The lowest BCUT2D eigenvalue weighted by Gasteiger charge is -2.48. The van der Waals surface area contributed by atoms with Crippen molar-refractivity contribution in [1.82, 2.24) is 19.9 Å². The number of ether oxygens (including phenoxy) is 3. The van der Waals surface area contributed by atoms with Crippen molar-refractivity contribution < 1.29 is 32.6 Å². The number of piperazine rings is 1. The predicted molar refractivity (Wildman–Crippen MR) is 197 cm³/mol. The Morgan fingerprint density at radius 2 is 1.75 bits per heavy atom. The lowest BCUT2D eigenvalue weighted by molar-refractivity contribution is 0.000928. The molecule has 4 atom stereocenters. The molecule has 5 heterocycles. The summed E-state index contributed by atoms with van der Waals surface area (Å²) in [5.74, 6) is -0.795. The van der Waals surface area contributed by atoms with Crippen molar-refractivity contribution in [3.05, 3.63) is 41.5 Å². The highest BCUT2D eigenvalue weighted by Gasteiger charge is 2.54. The normalized spacial score (nSPS) is 21.1. The van der Waals surface area contributed by atoms with Crippen LogP contribution in [0.3, 0.4) is 0 Å². The number of amides is 2. The van der Waals surface area contributed by atoms with E-state index in [-0.39, 0.29) is 57.9 Å². The lowest BCUT2D eigenvalue weighted by atomic mass is 9.94. The number of pyridine rings is 1. The Morgan fingerprint density at radius 3 is 2.42 bits per heavy atom. The van der Waals surface area contributed by atoms with Gasteiger partial charge in [0.2, 0.25) is 5.88 Å². The number of halogens is 2. The molecule has 1 N–H and O–H groups in total. The minimum absolute atomic E-state index is 0.0113. The fourth-order valence-corrected chi connectivity index (χ4v) is 8.16. The number of benzene rings is 2. The first kappa shape index (κ1) is 35.9. The summed E-state index contributed by atoms with van der Waals surface area (Å²) in [6, 6.07) is 5.83. The van der Waals surface area contributed by atoms with E-state index in [1.807, 2.05) is 51.8 Å². The lowest BCUT2D eigenvalue weighted by Crippen LogP contribution is -2.65. The van der Waals surface area contributed by atoms with Crippen molar-refractivity contribution in [2.45, 2.75) is 115 Å². The van der Waals surface area contributed by atoms with Gasteiger partial charge in [0, 0.05) is 17.5 Å². The zero-order chi connectivity index (χ0) is 37.4. The van der Waals surface area contributed by atoms with Crippen LogP contribution in [0.4, 0.5) is 29.9 Å². The van der Waals surface area contributed by atoms with Gasteiger partial charge in [-0.1, -0.05) is 36.9 Å². The third kappa shape index (κ3) is 6.22. The van der Waals surface area contributed by atoms with E-state index in [0.717, 1.165) is 18.4 Å². The number of aryl methyl sites for hydroxylation is 1. The molecular formula is C38H44F2N6O5S. The van der Waals surface area contributed by atoms with Crippen molar-refractivity contribution >= 4 is 57.1 Å². The van der Waals surface area contributed by atoms with Crippen LogP contribution < -0.4 is 15.0 Å². The zero-order valence-corrected chi connectivity index (χ0v) is 31.7. The first-order chi connectivity index (χ1) is 24.5. The molecule has 3 aliphatic rings. The van der Waals surface area contributed by atoms with Crippen LogP contribution in [0.25, 0.3) is 32.9 Å². The number of hydrogen-bond acceptors (Lipinski definition) is 10. The molecule has 52 heavy (non-hydrogen) atoms. The second kappa shape index (κ2) is 12.9. The van der Waals surface area contributed by atoms with Crippen molar-refractivity contribution in [2.75, 3.05) is 23.0 Å². The Kier molecular flexibility index (Phi) is 8.90. The fraction of sp³-hybridized carbons (Fsp3) is 0.500. The molecule has 2 aromatic carbocycles. The fourth-order valence-electron chi connectivity index (χ4n) is 7.80. The highest BCUT2D eigenvalue weighted by atomic mass is 32.2. The van der Waals surface area contributed by atoms with Gasteiger partial charge in [-0.25, -0.2) is 33.3 Å². The van der Waals surface area contributed by atoms with Crippen molar-refractivity contribution in [3.8, 4) is 17.1 Å². The van der Waals surface area contributed by atoms with E-state index >= 15 is 8.78 Å². The van der Waals surface area contributed by atoms with Crippen molar-refractivity contribution in [1.29, 1.82) is 0 Å². The Labute approximate surface area is 305 Å². The van der Waals surface area contributed by atoms with Gasteiger partial charge in [0.25, 0.3) is 0 Å². The van der Waals surface area contributed by atoms with Crippen LogP contribution >= 0.6 is 11.8 Å². The molecule has 0 radical (unpaired) electrons. The zero-order valence-electron chi connectivity index (χ0n) is 30.9. The second-order valence-electron chi connectivity index (χ2n) is 15.6. The molecule has 11 nitrogen and oxygen atoms in total. The van der Waals surface area contributed by atoms with E-state index in [0.29, 0.717) is 34.7 Å². The maximum Gasteiger partial charge on any atom is 0.412 e. The minimum atomic E-state index is -0.854. The second-order valence-corrected chi connectivity index (χ2v) is 16.4. The average molecular weight is 735 g/mol. The summed E-state index contributed by atoms with van der Waals surface area (Å²) in [5.41, 5.74) is -0.757. The van der Waals surface area contributed by atoms with E-state index in [1.54, 1.807) is 32.9 Å². The van der Waals surface area contributed by atoms with Gasteiger partial charge < -0.3 is 19.1 Å². The molecule has 0 unspecified atom stereocenters. The summed E-state index contributed by atoms with van der Waals surface area (Å²) < 4.78 is 51.4. The number of rotatable bonds is 4. The van der Waals surface area contributed by atoms with E-state index in [4.69, 9.17) is 24.2 Å². The number of nitrogens with one attached hydrogen (secondary N) is 1. The van der Waals surface area contributed by atoms with Crippen molar-refractivity contribution in [2.24, 2.45) is 0 Å². The van der Waals surface area contributed by atoms with Gasteiger partial charge >= 0.3 is 12.2 Å². The smallest absolute Gasteiger partial charge is 0.412 e. The summed E-state index contributed by atoms with van der Waals surface area (Å²) in [5, 5.41) is 3.85. The van der Waals surface area contributed by atoms with Gasteiger partial charge in [-0.3, -0.25) is 10.2 Å². The summed E-state index contributed by atoms with van der Waals surface area (Å²) in [6.07, 6.45) is 2.12. The molecule has 0 saturated carbocycles. The van der Waals surface area contributed by atoms with Gasteiger partial charge in [-0.05, 0) is 91.0 Å². The van der Waals surface area contributed by atoms with Crippen LogP contribution in [0.5, 0.6) is 5.88 Å². The maximum absolute atomic E-state index is 17.3. The number of hydrogen-bond donors (Lipinski definition) is 1. The first-order valence-electron chi connectivity index (χ1n) is 17.6. The molecule has 7 rings (SSSR count). The molecule has 3 aliphatic heterocycles. The number of nitrogens with zero attached hydrogens (tertiary/aromatic N) is 5. The molecular weight excluding hydrogens is 691 g/mol. The van der Waals surface area contributed by atoms with Gasteiger partial charge in [-0.2, -0.15) is 0 Å². The van der Waals surface area contributed by atoms with Crippen LogP contribution in [0.15, 0.2) is 29.4 Å². The SMILES string of the molecule is CCc1cccc2c(F)c(NC(=O)OC(C)(C)C)cc(-c3nc4c5c(nc(SC)nc5c3F)N3C[C@H]5CC[C@@H]([C@H]3[C@H](C)O4)N5C(=O)OC(C)(C)C)c12. The molecule has 276 valence electrons. The predicted octanol–water partition coefficient (Wildman–Crippen LogP) is 8.49. The van der Waals surface area contributed by atoms with Gasteiger partial charge in [0.1, 0.15) is 39.7 Å². The number of fused-ring (bicyclic) bond motifs is 6. The Morgan fingerprint density at radius 1 is 1.02 bits per heavy atom. The molecule has 14 heteroatoms. The quantitative estimate of drug-likeness (QED) is 0.162. The number of carbonyl (C=O) groups is 2. The standard InChI is InChI=1S/C38H44F2N6O5S/c1-10-19-12-11-13-21-25(19)22(16-23(27(21)39)41-35(47)50-37(3,4)5)29-28(40)30-26-32(44-34(43-30)52-9)45-17-20-14-15-24(31(45)18(2)49-33(26)42-29)46(20)36(48)51-38(6,7)8/h11-13,16,18,20,24,31H,10,14-15,17H2,1-9H3,(H,41,47)/t18-,20+,24-,31+/m0/s1. The molecule has 0 aliphatic carbocycles. The van der Waals surface area contributed by atoms with E-state index in [2.05, 4.69) is 15.2 Å². The molecule has 0 spiro atoms. The van der Waals surface area contributed by atoms with Crippen LogP contribution in [-0.4, -0.2) is 80.3 Å². The van der Waals surface area contributed by atoms with Gasteiger partial charge in [-0.15, -0.1) is 0 Å². The van der Waals surface area contributed by atoms with E-state index < -0.39 is 35.0 Å².